The van der Waals surface area contributed by atoms with Crippen molar-refractivity contribution in [3.05, 3.63) is 0 Å². The summed E-state index contributed by atoms with van der Waals surface area (Å²) in [7, 11) is 0. The monoisotopic (exact) mass is 1730 g/mol. The fraction of sp³-hybridized carbons (Fsp3) is 0.955. The topological polar surface area (TPSA) is 809 Å². The average Bonchev–Trinajstić information content (AvgIpc) is 0.764. The van der Waals surface area contributed by atoms with Gasteiger partial charge in [-0.2, -0.15) is 0 Å². The Hall–Kier alpha value is -3.43. The van der Waals surface area contributed by atoms with Crippen LogP contribution in [0.2, 0.25) is 0 Å². The van der Waals surface area contributed by atoms with Crippen molar-refractivity contribution in [2.24, 2.45) is 0 Å². The van der Waals surface area contributed by atoms with E-state index in [0.717, 1.165) is 20.8 Å². The van der Waals surface area contributed by atoms with Crippen LogP contribution in [-0.4, -0.2) is 515 Å². The number of aliphatic hydroxyl groups excluding tert-OH is 27. The zero-order valence-corrected chi connectivity index (χ0v) is 63.6. The van der Waals surface area contributed by atoms with Gasteiger partial charge in [-0.15, -0.1) is 0 Å². The Balaban J connectivity index is 0.966. The maximum atomic E-state index is 13.6. The van der Waals surface area contributed by atoms with E-state index in [2.05, 4.69) is 16.0 Å². The van der Waals surface area contributed by atoms with Gasteiger partial charge in [-0.3, -0.25) is 14.4 Å². The van der Waals surface area contributed by atoms with E-state index in [4.69, 9.17) is 90.0 Å². The quantitative estimate of drug-likeness (QED) is 0.0331. The second kappa shape index (κ2) is 41.8. The predicted octanol–water partition coefficient (Wildman–Crippen LogP) is -20.3. The third kappa shape index (κ3) is 20.8. The molecule has 0 aromatic heterocycles. The van der Waals surface area contributed by atoms with Crippen LogP contribution in [0.4, 0.5) is 0 Å². The normalized spacial score (nSPS) is 51.1. The number of nitrogens with one attached hydrogen (secondary N) is 3. The highest BCUT2D eigenvalue weighted by Crippen LogP contribution is 2.41. The molecule has 30 N–H and O–H groups in total. The van der Waals surface area contributed by atoms with Crippen LogP contribution in [0.5, 0.6) is 0 Å². The van der Waals surface area contributed by atoms with Gasteiger partial charge in [-0.05, 0) is 13.8 Å². The van der Waals surface area contributed by atoms with Gasteiger partial charge in [0.2, 0.25) is 17.7 Å². The largest absolute Gasteiger partial charge is 0.394 e. The SMILES string of the molecule is CC(=O)N[C@H]1[C@H](O[C@H]2[C@@H](O)[C@@H](CO)O[C@@H](O[C@H]3[C@H](O[C@@H]4O[C@@H](C)[C@@H](O)[C@@H](O)[C@@H]4O)[C@@H](NC(C)=O)[C@H](OC[C@H]4O[C@@H](O[C@H]5[C@H](O)[C@@H](O)C(O)O[C@@H]5CO)[C@H](O)[C@@H](O[C@@H]5O[C@H](CO)[C@@H](O)[C@H](O[C@@H]6O[C@H](CO)[C@H](O)[C@H](O)[C@H]6O[C@@H]6O[C@@H](C)[C@@H](O)[C@@H](O)[C@@H]6O)[C@H]5NC(C)=O)[C@H]4O)O[C@@H]3CO)[C@@H]2O)O[C@H](CO)[C@@H](O[C@@H]2O[C@H](CO)[C@H](O)[C@H](O)[C@H]2O)[C@@H]1O. The molecule has 52 heteroatoms. The highest BCUT2D eigenvalue weighted by molar-refractivity contribution is 5.74. The first-order valence-corrected chi connectivity index (χ1v) is 37.9. The molecule has 0 bridgehead atoms. The number of carbonyl (C=O) groups is 3. The Morgan fingerprint density at radius 2 is 0.534 bits per heavy atom. The molecule has 10 heterocycles. The number of rotatable bonds is 29. The van der Waals surface area contributed by atoms with Crippen LogP contribution in [0.3, 0.4) is 0 Å². The van der Waals surface area contributed by atoms with Gasteiger partial charge in [-0.1, -0.05) is 0 Å². The summed E-state index contributed by atoms with van der Waals surface area (Å²) in [6.07, 6.45) is -96.4. The molecule has 10 aliphatic heterocycles. The smallest absolute Gasteiger partial charge is 0.217 e. The van der Waals surface area contributed by atoms with Crippen molar-refractivity contribution in [1.82, 2.24) is 16.0 Å². The van der Waals surface area contributed by atoms with Gasteiger partial charge in [0.25, 0.3) is 0 Å². The van der Waals surface area contributed by atoms with Gasteiger partial charge in [0.05, 0.1) is 65.1 Å². The van der Waals surface area contributed by atoms with Crippen molar-refractivity contribution in [2.45, 2.75) is 341 Å². The molecule has 0 saturated carbocycles. The lowest BCUT2D eigenvalue weighted by atomic mass is 9.93. The van der Waals surface area contributed by atoms with Gasteiger partial charge in [0, 0.05) is 20.8 Å². The second-order valence-corrected chi connectivity index (χ2v) is 30.2. The molecule has 1 unspecified atom stereocenters. The molecule has 3 amide bonds. The lowest BCUT2D eigenvalue weighted by Gasteiger charge is -2.51. The third-order valence-corrected chi connectivity index (χ3v) is 22.0. The molecule has 10 rings (SSSR count). The number of hydrogen-bond donors (Lipinski definition) is 30. The fourth-order valence-corrected chi connectivity index (χ4v) is 15.4. The summed E-state index contributed by atoms with van der Waals surface area (Å²) in [5, 5.41) is 307. The fourth-order valence-electron chi connectivity index (χ4n) is 15.4. The minimum atomic E-state index is -2.49. The summed E-state index contributed by atoms with van der Waals surface area (Å²) in [6, 6.07) is -5.91. The van der Waals surface area contributed by atoms with Crippen molar-refractivity contribution < 1.29 is 242 Å². The molecular weight excluding hydrogens is 1620 g/mol. The Kier molecular flexibility index (Phi) is 34.3. The molecule has 0 aromatic carbocycles. The Bertz CT molecular complexity index is 3140. The first-order valence-electron chi connectivity index (χ1n) is 37.9. The van der Waals surface area contributed by atoms with Crippen LogP contribution in [0, 0.1) is 0 Å². The highest BCUT2D eigenvalue weighted by Gasteiger charge is 2.62. The number of aliphatic hydroxyl groups is 27. The number of carbonyl (C=O) groups excluding carboxylic acids is 3. The van der Waals surface area contributed by atoms with Gasteiger partial charge in [-0.25, -0.2) is 0 Å². The molecule has 118 heavy (non-hydrogen) atoms. The van der Waals surface area contributed by atoms with Crippen LogP contribution in [0.1, 0.15) is 34.6 Å². The van der Waals surface area contributed by atoms with E-state index >= 15 is 0 Å². The van der Waals surface area contributed by atoms with Crippen LogP contribution in [-0.2, 0) is 104 Å². The molecule has 0 aromatic rings. The average molecular weight is 1730 g/mol. The van der Waals surface area contributed by atoms with Crippen LogP contribution >= 0.6 is 0 Å². The summed E-state index contributed by atoms with van der Waals surface area (Å²) in [5.41, 5.74) is 0. The highest BCUT2D eigenvalue weighted by atomic mass is 16.8. The number of ether oxygens (including phenoxy) is 19. The molecule has 52 nitrogen and oxygen atoms in total. The molecule has 10 fully saturated rings. The maximum absolute atomic E-state index is 13.6. The van der Waals surface area contributed by atoms with Crippen molar-refractivity contribution in [3.8, 4) is 0 Å². The Morgan fingerprint density at radius 1 is 0.237 bits per heavy atom. The number of hydrogen-bond acceptors (Lipinski definition) is 49. The molecule has 10 aliphatic rings. The molecule has 684 valence electrons. The minimum absolute atomic E-state index is 0.915. The van der Waals surface area contributed by atoms with Crippen molar-refractivity contribution in [3.63, 3.8) is 0 Å². The van der Waals surface area contributed by atoms with E-state index in [0.29, 0.717) is 0 Å². The van der Waals surface area contributed by atoms with E-state index < -0.39 is 377 Å². The van der Waals surface area contributed by atoms with Crippen LogP contribution < -0.4 is 16.0 Å². The predicted molar refractivity (Wildman–Crippen MR) is 362 cm³/mol. The zero-order chi connectivity index (χ0) is 86.8. The third-order valence-electron chi connectivity index (χ3n) is 22.0. The van der Waals surface area contributed by atoms with E-state index in [9.17, 15) is 152 Å². The van der Waals surface area contributed by atoms with E-state index in [1.54, 1.807) is 0 Å². The lowest BCUT2D eigenvalue weighted by molar-refractivity contribution is -0.394. The summed E-state index contributed by atoms with van der Waals surface area (Å²) < 4.78 is 113. The number of amides is 3. The van der Waals surface area contributed by atoms with Crippen molar-refractivity contribution >= 4 is 17.7 Å². The van der Waals surface area contributed by atoms with Crippen LogP contribution in [0.25, 0.3) is 0 Å². The Labute approximate surface area is 668 Å². The first kappa shape index (κ1) is 96.8. The Morgan fingerprint density at radius 3 is 1.02 bits per heavy atom. The van der Waals surface area contributed by atoms with E-state index in [-0.39, 0.29) is 0 Å². The molecule has 10 saturated heterocycles. The van der Waals surface area contributed by atoms with E-state index in [1.807, 2.05) is 0 Å². The van der Waals surface area contributed by atoms with Gasteiger partial charge < -0.3 is 244 Å². The molecule has 0 radical (unpaired) electrons. The van der Waals surface area contributed by atoms with Gasteiger partial charge >= 0.3 is 0 Å². The van der Waals surface area contributed by atoms with Crippen LogP contribution in [0.15, 0.2) is 0 Å². The molecule has 0 spiro atoms. The minimum Gasteiger partial charge on any atom is -0.394 e. The first-order chi connectivity index (χ1) is 55.8. The maximum Gasteiger partial charge on any atom is 0.217 e. The summed E-state index contributed by atoms with van der Waals surface area (Å²) >= 11 is 0. The van der Waals surface area contributed by atoms with E-state index in [1.165, 1.54) is 13.8 Å². The standard InChI is InChI=1S/C66H111N3O49/c1-14-30(80)38(88)44(94)61(101-14)115-53-29(69-18(5)79)58(108-25(12-76)51(53)113-64-47(97)54(35(85)22(9-73)106-64)116-59-27(67-16(3)77)37(87)49(24(11-75)109-59)111-63-46(96)40(90)32(82)19(6-70)105-63)100-13-26-36(86)55(48(98)65(110-26)112-50-23(10-74)103-57(99)43(93)42(50)92)117-60-28(68-17(4)78)52(34(84)21(8-72)104-60)114-66-56(41(91)33(83)20(7-71)107-66)118-62-45(95)39(89)31(81)15(2)102-62/h14-15,19-66,70-76,80-99H,6-13H2,1-5H3,(H,67,77)(H,68,78)(H,69,79)/t14-,15-,19+,20+,21+,22+,23+,24+,25+,26+,27+,28+,29+,30+,31+,32-,33-,34+,35-,36-,37+,38+,39+,40-,41-,42+,43+,44-,45-,46+,47+,48+,49+,50+,51+,52+,53+,54-,55-,56+,57?,58+,59-,60-,61-,62-,63-,64-,65-,66-/m0/s1. The summed E-state index contributed by atoms with van der Waals surface area (Å²) in [6.45, 7) is -3.70. The molecule has 50 atom stereocenters. The van der Waals surface area contributed by atoms with Gasteiger partial charge in [0.1, 0.15) is 232 Å². The summed E-state index contributed by atoms with van der Waals surface area (Å²) in [5.74, 6) is -2.93. The zero-order valence-electron chi connectivity index (χ0n) is 63.6. The summed E-state index contributed by atoms with van der Waals surface area (Å²) in [4.78, 5) is 39.8. The lowest BCUT2D eigenvalue weighted by Crippen LogP contribution is -2.71. The van der Waals surface area contributed by atoms with Crippen molar-refractivity contribution in [2.75, 3.05) is 52.9 Å². The second-order valence-electron chi connectivity index (χ2n) is 30.2. The van der Waals surface area contributed by atoms with Crippen molar-refractivity contribution in [1.29, 1.82) is 0 Å². The van der Waals surface area contributed by atoms with Gasteiger partial charge in [0.15, 0.2) is 62.9 Å². The molecule has 0 aliphatic carbocycles. The molecular formula is C66H111N3O49.